The van der Waals surface area contributed by atoms with E-state index >= 15 is 0 Å². The van der Waals surface area contributed by atoms with Crippen LogP contribution < -0.4 is 10.7 Å². The molecule has 19 heavy (non-hydrogen) atoms. The van der Waals surface area contributed by atoms with Crippen molar-refractivity contribution in [1.82, 2.24) is 15.2 Å². The average molecular weight is 278 g/mol. The highest BCUT2D eigenvalue weighted by Crippen LogP contribution is 2.18. The lowest BCUT2D eigenvalue weighted by Gasteiger charge is -1.99. The summed E-state index contributed by atoms with van der Waals surface area (Å²) in [4.78, 5) is 26.1. The molecule has 0 atom stereocenters. The van der Waals surface area contributed by atoms with Crippen LogP contribution in [0.2, 0.25) is 0 Å². The molecular weight excluding hydrogens is 264 g/mol. The minimum Gasteiger partial charge on any atom is -0.367 e. The fourth-order valence-corrected chi connectivity index (χ4v) is 2.44. The molecule has 0 bridgehead atoms. The van der Waals surface area contributed by atoms with Crippen molar-refractivity contribution in [2.75, 3.05) is 5.32 Å². The van der Waals surface area contributed by atoms with Crippen LogP contribution in [-0.2, 0) is 6.42 Å². The lowest BCUT2D eigenvalue weighted by atomic mass is 10.1. The van der Waals surface area contributed by atoms with Crippen LogP contribution in [0.15, 0.2) is 23.3 Å². The summed E-state index contributed by atoms with van der Waals surface area (Å²) in [5.74, 6) is 0.00238. The number of rotatable bonds is 4. The lowest BCUT2D eigenvalue weighted by Crippen LogP contribution is -2.20. The number of H-pyrrole nitrogens is 1. The second kappa shape index (κ2) is 5.75. The maximum atomic E-state index is 11.9. The maximum Gasteiger partial charge on any atom is 0.262 e. The fraction of sp³-hybridized carbons (Fsp3) is 0.333. The van der Waals surface area contributed by atoms with Crippen LogP contribution in [0.4, 0.5) is 5.13 Å². The number of pyridine rings is 1. The highest BCUT2D eigenvalue weighted by molar-refractivity contribution is 7.15. The van der Waals surface area contributed by atoms with Crippen LogP contribution in [0.25, 0.3) is 0 Å². The molecule has 2 aromatic heterocycles. The van der Waals surface area contributed by atoms with Gasteiger partial charge in [0.05, 0.1) is 0 Å². The lowest BCUT2D eigenvalue weighted by molar-refractivity contribution is 0.102. The minimum absolute atomic E-state index is 0.0584. The summed E-state index contributed by atoms with van der Waals surface area (Å²) in [6.07, 6.45) is 3.66. The van der Waals surface area contributed by atoms with Gasteiger partial charge in [-0.25, -0.2) is 0 Å². The van der Waals surface area contributed by atoms with Crippen molar-refractivity contribution in [1.29, 1.82) is 0 Å². The standard InChI is InChI=1S/C12H14N4O2S/c1-7(2)5-10-15-16-12(19-10)14-11(18)8-6-13-4-3-9(8)17/h3-4,6-7H,5H2,1-2H3,(H,13,17)(H,14,16,18). The minimum atomic E-state index is -0.478. The first kappa shape index (κ1) is 13.4. The van der Waals surface area contributed by atoms with Gasteiger partial charge in [0.2, 0.25) is 5.13 Å². The predicted molar refractivity (Wildman–Crippen MR) is 73.5 cm³/mol. The van der Waals surface area contributed by atoms with Crippen LogP contribution in [0, 0.1) is 5.92 Å². The smallest absolute Gasteiger partial charge is 0.262 e. The van der Waals surface area contributed by atoms with Crippen molar-refractivity contribution >= 4 is 22.4 Å². The van der Waals surface area contributed by atoms with Crippen molar-refractivity contribution in [2.24, 2.45) is 5.92 Å². The van der Waals surface area contributed by atoms with Crippen LogP contribution in [0.5, 0.6) is 0 Å². The molecule has 2 rings (SSSR count). The second-order valence-electron chi connectivity index (χ2n) is 4.48. The molecule has 1 amide bonds. The normalized spacial score (nSPS) is 10.7. The summed E-state index contributed by atoms with van der Waals surface area (Å²) in [5, 5.41) is 11.7. The molecule has 0 saturated carbocycles. The molecule has 0 saturated heterocycles. The van der Waals surface area contributed by atoms with Gasteiger partial charge in [-0.2, -0.15) is 0 Å². The van der Waals surface area contributed by atoms with Gasteiger partial charge in [-0.1, -0.05) is 25.2 Å². The van der Waals surface area contributed by atoms with Crippen molar-refractivity contribution < 1.29 is 4.79 Å². The van der Waals surface area contributed by atoms with E-state index in [-0.39, 0.29) is 11.0 Å². The van der Waals surface area contributed by atoms with E-state index in [0.29, 0.717) is 11.0 Å². The third kappa shape index (κ3) is 3.47. The van der Waals surface area contributed by atoms with E-state index in [1.165, 1.54) is 29.8 Å². The Morgan fingerprint density at radius 3 is 2.95 bits per heavy atom. The van der Waals surface area contributed by atoms with E-state index < -0.39 is 5.91 Å². The highest BCUT2D eigenvalue weighted by Gasteiger charge is 2.13. The molecule has 0 unspecified atom stereocenters. The molecular formula is C12H14N4O2S. The molecule has 0 spiro atoms. The molecule has 0 aromatic carbocycles. The van der Waals surface area contributed by atoms with E-state index in [2.05, 4.69) is 34.3 Å². The van der Waals surface area contributed by atoms with E-state index in [9.17, 15) is 9.59 Å². The highest BCUT2D eigenvalue weighted by atomic mass is 32.1. The van der Waals surface area contributed by atoms with Gasteiger partial charge < -0.3 is 4.98 Å². The summed E-state index contributed by atoms with van der Waals surface area (Å²) in [5.41, 5.74) is -0.272. The van der Waals surface area contributed by atoms with Crippen molar-refractivity contribution in [3.8, 4) is 0 Å². The Morgan fingerprint density at radius 1 is 1.47 bits per heavy atom. The number of aromatic amines is 1. The fourth-order valence-electron chi connectivity index (χ4n) is 1.49. The number of nitrogens with zero attached hydrogens (tertiary/aromatic N) is 2. The number of anilines is 1. The van der Waals surface area contributed by atoms with Gasteiger partial charge in [-0.3, -0.25) is 14.9 Å². The van der Waals surface area contributed by atoms with Gasteiger partial charge in [0, 0.05) is 24.9 Å². The number of amides is 1. The number of nitrogens with one attached hydrogen (secondary N) is 2. The van der Waals surface area contributed by atoms with Gasteiger partial charge in [0.1, 0.15) is 10.6 Å². The quantitative estimate of drug-likeness (QED) is 0.890. The van der Waals surface area contributed by atoms with E-state index in [1.807, 2.05) is 0 Å². The van der Waals surface area contributed by atoms with Crippen LogP contribution in [0.1, 0.15) is 29.2 Å². The molecule has 2 N–H and O–H groups in total. The Bertz CT molecular complexity index is 632. The molecule has 0 radical (unpaired) electrons. The Balaban J connectivity index is 2.09. The van der Waals surface area contributed by atoms with Gasteiger partial charge >= 0.3 is 0 Å². The molecule has 0 aliphatic rings. The average Bonchev–Trinajstić information content (AvgIpc) is 2.76. The molecule has 0 aliphatic carbocycles. The molecule has 6 nitrogen and oxygen atoms in total. The summed E-state index contributed by atoms with van der Waals surface area (Å²) in [6, 6.07) is 1.30. The third-order valence-corrected chi connectivity index (χ3v) is 3.20. The molecule has 2 aromatic rings. The van der Waals surface area contributed by atoms with Crippen molar-refractivity contribution in [3.05, 3.63) is 39.3 Å². The second-order valence-corrected chi connectivity index (χ2v) is 5.54. The third-order valence-electron chi connectivity index (χ3n) is 2.34. The van der Waals surface area contributed by atoms with Gasteiger partial charge in [0.15, 0.2) is 5.43 Å². The number of hydrogen-bond acceptors (Lipinski definition) is 5. The number of carbonyl (C=O) groups excluding carboxylic acids is 1. The SMILES string of the molecule is CC(C)Cc1nnc(NC(=O)c2c[nH]ccc2=O)s1. The van der Waals surface area contributed by atoms with Crippen LogP contribution in [0.3, 0.4) is 0 Å². The zero-order valence-electron chi connectivity index (χ0n) is 10.6. The largest absolute Gasteiger partial charge is 0.367 e. The Hall–Kier alpha value is -2.02. The Labute approximate surface area is 113 Å². The first-order chi connectivity index (χ1) is 9.06. The molecule has 7 heteroatoms. The zero-order chi connectivity index (χ0) is 13.8. The van der Waals surface area contributed by atoms with E-state index in [1.54, 1.807) is 0 Å². The topological polar surface area (TPSA) is 87.7 Å². The first-order valence-corrected chi connectivity index (χ1v) is 6.68. The van der Waals surface area contributed by atoms with E-state index in [4.69, 9.17) is 0 Å². The van der Waals surface area contributed by atoms with Crippen molar-refractivity contribution in [2.45, 2.75) is 20.3 Å². The predicted octanol–water partition coefficient (Wildman–Crippen LogP) is 1.68. The molecule has 0 aliphatic heterocycles. The zero-order valence-corrected chi connectivity index (χ0v) is 11.5. The van der Waals surface area contributed by atoms with Gasteiger partial charge in [-0.05, 0) is 5.92 Å². The number of hydrogen-bond donors (Lipinski definition) is 2. The summed E-state index contributed by atoms with van der Waals surface area (Å²) in [6.45, 7) is 4.17. The van der Waals surface area contributed by atoms with Gasteiger partial charge in [-0.15, -0.1) is 10.2 Å². The van der Waals surface area contributed by atoms with Crippen LogP contribution in [-0.4, -0.2) is 21.1 Å². The molecule has 2 heterocycles. The Kier molecular flexibility index (Phi) is 4.06. The van der Waals surface area contributed by atoms with E-state index in [0.717, 1.165) is 11.4 Å². The summed E-state index contributed by atoms with van der Waals surface area (Å²) >= 11 is 1.32. The maximum absolute atomic E-state index is 11.9. The monoisotopic (exact) mass is 278 g/mol. The van der Waals surface area contributed by atoms with Crippen LogP contribution >= 0.6 is 11.3 Å². The first-order valence-electron chi connectivity index (χ1n) is 5.87. The van der Waals surface area contributed by atoms with Crippen molar-refractivity contribution in [3.63, 3.8) is 0 Å². The summed E-state index contributed by atoms with van der Waals surface area (Å²) in [7, 11) is 0. The Morgan fingerprint density at radius 2 is 2.26 bits per heavy atom. The molecule has 100 valence electrons. The number of aromatic nitrogens is 3. The van der Waals surface area contributed by atoms with Gasteiger partial charge in [0.25, 0.3) is 5.91 Å². The summed E-state index contributed by atoms with van der Waals surface area (Å²) < 4.78 is 0. The number of carbonyl (C=O) groups is 1. The molecule has 0 fully saturated rings.